The minimum absolute atomic E-state index is 0.105. The number of nitrogens with zero attached hydrogens (tertiary/aromatic N) is 1. The van der Waals surface area contributed by atoms with E-state index in [4.69, 9.17) is 14.2 Å². The van der Waals surface area contributed by atoms with Crippen LogP contribution in [0.3, 0.4) is 0 Å². The summed E-state index contributed by atoms with van der Waals surface area (Å²) < 4.78 is 43.6. The SMILES string of the molecule is COc1cccc(CNC(=O)C2(C)CCCN(S(=O)(=O)c3ccc(OC)c(OC)c3)C2)c1. The average Bonchev–Trinajstić information content (AvgIpc) is 2.82. The van der Waals surface area contributed by atoms with Gasteiger partial charge in [-0.25, -0.2) is 8.42 Å². The van der Waals surface area contributed by atoms with Crippen LogP contribution in [0.2, 0.25) is 0 Å². The maximum Gasteiger partial charge on any atom is 0.243 e. The van der Waals surface area contributed by atoms with Crippen LogP contribution in [-0.4, -0.2) is 53.0 Å². The van der Waals surface area contributed by atoms with Crippen LogP contribution in [0.1, 0.15) is 25.3 Å². The highest BCUT2D eigenvalue weighted by Crippen LogP contribution is 2.35. The molecule has 2 aromatic rings. The van der Waals surface area contributed by atoms with Gasteiger partial charge in [-0.1, -0.05) is 12.1 Å². The van der Waals surface area contributed by atoms with Crippen molar-refractivity contribution < 1.29 is 27.4 Å². The topological polar surface area (TPSA) is 94.2 Å². The normalized spacial score (nSPS) is 19.2. The highest BCUT2D eigenvalue weighted by atomic mass is 32.2. The summed E-state index contributed by atoms with van der Waals surface area (Å²) in [4.78, 5) is 13.1. The van der Waals surface area contributed by atoms with Gasteiger partial charge in [-0.05, 0) is 49.6 Å². The van der Waals surface area contributed by atoms with Gasteiger partial charge in [0.05, 0.1) is 31.6 Å². The molecule has 1 aliphatic heterocycles. The smallest absolute Gasteiger partial charge is 0.243 e. The van der Waals surface area contributed by atoms with Gasteiger partial charge in [-0.3, -0.25) is 4.79 Å². The summed E-state index contributed by atoms with van der Waals surface area (Å²) in [5, 5.41) is 2.95. The quantitative estimate of drug-likeness (QED) is 0.648. The maximum absolute atomic E-state index is 13.3. The van der Waals surface area contributed by atoms with E-state index in [0.717, 1.165) is 5.56 Å². The lowest BCUT2D eigenvalue weighted by molar-refractivity contribution is -0.132. The zero-order valence-corrected chi connectivity index (χ0v) is 19.7. The van der Waals surface area contributed by atoms with E-state index in [-0.39, 0.29) is 17.3 Å². The molecule has 0 aliphatic carbocycles. The Kier molecular flexibility index (Phi) is 7.30. The van der Waals surface area contributed by atoms with Crippen molar-refractivity contribution in [2.75, 3.05) is 34.4 Å². The number of methoxy groups -OCH3 is 3. The summed E-state index contributed by atoms with van der Waals surface area (Å²) in [6.45, 7) is 2.61. The number of hydrogen-bond acceptors (Lipinski definition) is 6. The van der Waals surface area contributed by atoms with Crippen LogP contribution < -0.4 is 19.5 Å². The van der Waals surface area contributed by atoms with Crippen LogP contribution in [0.15, 0.2) is 47.4 Å². The lowest BCUT2D eigenvalue weighted by atomic mass is 9.82. The first kappa shape index (κ1) is 23.9. The van der Waals surface area contributed by atoms with Crippen molar-refractivity contribution in [1.82, 2.24) is 9.62 Å². The second-order valence-corrected chi connectivity index (χ2v) is 9.99. The van der Waals surface area contributed by atoms with E-state index in [1.807, 2.05) is 31.2 Å². The molecular formula is C23H30N2O6S. The van der Waals surface area contributed by atoms with Gasteiger partial charge in [0, 0.05) is 25.7 Å². The first-order valence-electron chi connectivity index (χ1n) is 10.4. The van der Waals surface area contributed by atoms with E-state index in [2.05, 4.69) is 5.32 Å². The average molecular weight is 463 g/mol. The number of hydrogen-bond donors (Lipinski definition) is 1. The van der Waals surface area contributed by atoms with E-state index < -0.39 is 15.4 Å². The van der Waals surface area contributed by atoms with Crippen molar-refractivity contribution in [2.24, 2.45) is 5.41 Å². The van der Waals surface area contributed by atoms with Crippen molar-refractivity contribution >= 4 is 15.9 Å². The fraction of sp³-hybridized carbons (Fsp3) is 0.435. The fourth-order valence-electron chi connectivity index (χ4n) is 3.89. The monoisotopic (exact) mass is 462 g/mol. The number of carbonyl (C=O) groups excluding carboxylic acids is 1. The van der Waals surface area contributed by atoms with E-state index >= 15 is 0 Å². The molecule has 2 aromatic carbocycles. The summed E-state index contributed by atoms with van der Waals surface area (Å²) in [6, 6.07) is 12.0. The lowest BCUT2D eigenvalue weighted by Gasteiger charge is -2.38. The second-order valence-electron chi connectivity index (χ2n) is 8.05. The van der Waals surface area contributed by atoms with E-state index in [1.54, 1.807) is 13.2 Å². The molecule has 32 heavy (non-hydrogen) atoms. The lowest BCUT2D eigenvalue weighted by Crippen LogP contribution is -2.51. The molecule has 9 heteroatoms. The molecule has 1 aliphatic rings. The van der Waals surface area contributed by atoms with Crippen molar-refractivity contribution in [1.29, 1.82) is 0 Å². The maximum atomic E-state index is 13.3. The number of nitrogens with one attached hydrogen (secondary N) is 1. The number of benzene rings is 2. The summed E-state index contributed by atoms with van der Waals surface area (Å²) >= 11 is 0. The molecule has 8 nitrogen and oxygen atoms in total. The zero-order valence-electron chi connectivity index (χ0n) is 18.9. The molecule has 1 heterocycles. The van der Waals surface area contributed by atoms with Crippen LogP contribution in [0, 0.1) is 5.41 Å². The summed E-state index contributed by atoms with van der Waals surface area (Å²) in [5.41, 5.74) is 0.0766. The third-order valence-corrected chi connectivity index (χ3v) is 7.63. The Morgan fingerprint density at radius 3 is 2.50 bits per heavy atom. The molecule has 1 unspecified atom stereocenters. The second kappa shape index (κ2) is 9.79. The van der Waals surface area contributed by atoms with Gasteiger partial charge in [0.15, 0.2) is 11.5 Å². The molecule has 0 radical (unpaired) electrons. The molecule has 1 saturated heterocycles. The molecule has 1 amide bonds. The number of rotatable bonds is 8. The summed E-state index contributed by atoms with van der Waals surface area (Å²) in [7, 11) is 0.742. The minimum atomic E-state index is -3.80. The van der Waals surface area contributed by atoms with Crippen LogP contribution in [0.5, 0.6) is 17.2 Å². The van der Waals surface area contributed by atoms with E-state index in [0.29, 0.717) is 43.2 Å². The highest BCUT2D eigenvalue weighted by Gasteiger charge is 2.42. The Hall–Kier alpha value is -2.78. The number of sulfonamides is 1. The van der Waals surface area contributed by atoms with Crippen molar-refractivity contribution in [3.8, 4) is 17.2 Å². The molecule has 1 atom stereocenters. The van der Waals surface area contributed by atoms with Crippen molar-refractivity contribution in [3.05, 3.63) is 48.0 Å². The predicted octanol–water partition coefficient (Wildman–Crippen LogP) is 2.82. The van der Waals surface area contributed by atoms with Crippen molar-refractivity contribution in [2.45, 2.75) is 31.2 Å². The predicted molar refractivity (Wildman–Crippen MR) is 120 cm³/mol. The van der Waals surface area contributed by atoms with Crippen LogP contribution in [-0.2, 0) is 21.4 Å². The first-order chi connectivity index (χ1) is 15.2. The Balaban J connectivity index is 1.74. The van der Waals surface area contributed by atoms with Crippen LogP contribution in [0.4, 0.5) is 0 Å². The molecule has 0 bridgehead atoms. The Labute approximate surface area is 189 Å². The van der Waals surface area contributed by atoms with E-state index in [9.17, 15) is 13.2 Å². The third kappa shape index (κ3) is 4.99. The van der Waals surface area contributed by atoms with Crippen molar-refractivity contribution in [3.63, 3.8) is 0 Å². The van der Waals surface area contributed by atoms with Gasteiger partial charge >= 0.3 is 0 Å². The zero-order chi connectivity index (χ0) is 23.4. The number of piperidine rings is 1. The van der Waals surface area contributed by atoms with Gasteiger partial charge < -0.3 is 19.5 Å². The highest BCUT2D eigenvalue weighted by molar-refractivity contribution is 7.89. The largest absolute Gasteiger partial charge is 0.497 e. The number of ether oxygens (including phenoxy) is 3. The molecule has 3 rings (SSSR count). The number of carbonyl (C=O) groups is 1. The fourth-order valence-corrected chi connectivity index (χ4v) is 5.51. The first-order valence-corrected chi connectivity index (χ1v) is 11.8. The van der Waals surface area contributed by atoms with Gasteiger partial charge in [-0.15, -0.1) is 0 Å². The summed E-state index contributed by atoms with van der Waals surface area (Å²) in [5.74, 6) is 1.33. The standard InChI is InChI=1S/C23H30N2O6S/c1-23(22(26)24-15-17-7-5-8-18(13-17)29-2)11-6-12-25(16-23)32(27,28)19-9-10-20(30-3)21(14-19)31-4/h5,7-10,13-14H,6,11-12,15-16H2,1-4H3,(H,24,26). The Morgan fingerprint density at radius 1 is 1.06 bits per heavy atom. The van der Waals surface area contributed by atoms with Gasteiger partial charge in [0.25, 0.3) is 0 Å². The van der Waals surface area contributed by atoms with Gasteiger partial charge in [-0.2, -0.15) is 4.31 Å². The Morgan fingerprint density at radius 2 is 1.81 bits per heavy atom. The molecule has 0 spiro atoms. The van der Waals surface area contributed by atoms with Crippen LogP contribution >= 0.6 is 0 Å². The molecule has 0 saturated carbocycles. The van der Waals surface area contributed by atoms with Gasteiger partial charge in [0.2, 0.25) is 15.9 Å². The third-order valence-electron chi connectivity index (χ3n) is 5.79. The molecular weight excluding hydrogens is 432 g/mol. The minimum Gasteiger partial charge on any atom is -0.497 e. The molecule has 0 aromatic heterocycles. The molecule has 1 N–H and O–H groups in total. The number of amides is 1. The van der Waals surface area contributed by atoms with Gasteiger partial charge in [0.1, 0.15) is 5.75 Å². The summed E-state index contributed by atoms with van der Waals surface area (Å²) in [6.07, 6.45) is 1.20. The molecule has 1 fully saturated rings. The Bertz CT molecular complexity index is 1070. The van der Waals surface area contributed by atoms with E-state index in [1.165, 1.54) is 30.7 Å². The van der Waals surface area contributed by atoms with Crippen LogP contribution in [0.25, 0.3) is 0 Å². The molecule has 174 valence electrons.